The van der Waals surface area contributed by atoms with Gasteiger partial charge in [0.2, 0.25) is 5.91 Å². The number of carbonyl (C=O) groups excluding carboxylic acids is 4. The van der Waals surface area contributed by atoms with E-state index in [0.29, 0.717) is 50.3 Å². The number of likely N-dealkylation sites (N-methyl/N-ethyl adjacent to an activating group) is 1. The highest BCUT2D eigenvalue weighted by Gasteiger charge is 2.27. The summed E-state index contributed by atoms with van der Waals surface area (Å²) in [5.74, 6) is 1.95. The highest BCUT2D eigenvalue weighted by atomic mass is 32.2. The zero-order chi connectivity index (χ0) is 36.2. The van der Waals surface area contributed by atoms with E-state index in [9.17, 15) is 19.2 Å². The first kappa shape index (κ1) is 41.0. The van der Waals surface area contributed by atoms with Gasteiger partial charge in [0.1, 0.15) is 6.29 Å². The van der Waals surface area contributed by atoms with E-state index in [-0.39, 0.29) is 17.7 Å². The molecular formula is C40H54N4O4S. The molecule has 0 N–H and O–H groups in total. The Kier molecular flexibility index (Phi) is 18.7. The van der Waals surface area contributed by atoms with Crippen molar-refractivity contribution >= 4 is 41.5 Å². The van der Waals surface area contributed by atoms with Crippen LogP contribution in [0, 0.1) is 0 Å². The topological polar surface area (TPSA) is 81.2 Å². The van der Waals surface area contributed by atoms with Crippen LogP contribution >= 0.6 is 11.8 Å². The number of fused-ring (bicyclic) bond motifs is 1. The molecule has 0 unspecified atom stereocenters. The van der Waals surface area contributed by atoms with Gasteiger partial charge in [-0.1, -0.05) is 81.5 Å². The second-order valence-electron chi connectivity index (χ2n) is 11.6. The zero-order valence-electron chi connectivity index (χ0n) is 30.0. The third kappa shape index (κ3) is 13.0. The van der Waals surface area contributed by atoms with Crippen LogP contribution in [0.2, 0.25) is 0 Å². The molecule has 5 rings (SSSR count). The highest BCUT2D eigenvalue weighted by molar-refractivity contribution is 7.99. The van der Waals surface area contributed by atoms with Gasteiger partial charge in [-0.2, -0.15) is 11.8 Å². The van der Waals surface area contributed by atoms with Crippen molar-refractivity contribution in [1.29, 1.82) is 0 Å². The number of nitrogens with zero attached hydrogens (tertiary/aromatic N) is 4. The largest absolute Gasteiger partial charge is 0.337 e. The van der Waals surface area contributed by atoms with Crippen molar-refractivity contribution in [3.63, 3.8) is 0 Å². The van der Waals surface area contributed by atoms with Crippen molar-refractivity contribution in [3.05, 3.63) is 114 Å². The summed E-state index contributed by atoms with van der Waals surface area (Å²) >= 11 is 1.87. The van der Waals surface area contributed by atoms with E-state index in [1.807, 2.05) is 109 Å². The first-order valence-electron chi connectivity index (χ1n) is 17.1. The Morgan fingerprint density at radius 2 is 1.51 bits per heavy atom. The van der Waals surface area contributed by atoms with Crippen LogP contribution in [-0.2, 0) is 22.7 Å². The summed E-state index contributed by atoms with van der Waals surface area (Å²) in [6.07, 6.45) is 11.8. The Morgan fingerprint density at radius 1 is 0.898 bits per heavy atom. The maximum Gasteiger partial charge on any atom is 0.254 e. The predicted octanol–water partition coefficient (Wildman–Crippen LogP) is 7.18. The number of thioether (sulfide) groups is 1. The van der Waals surface area contributed by atoms with E-state index in [1.165, 1.54) is 5.57 Å². The Morgan fingerprint density at radius 3 is 2.04 bits per heavy atom. The molecule has 3 heterocycles. The van der Waals surface area contributed by atoms with Crippen LogP contribution in [0.15, 0.2) is 91.6 Å². The minimum Gasteiger partial charge on any atom is -0.337 e. The summed E-state index contributed by atoms with van der Waals surface area (Å²) in [5.41, 5.74) is 5.41. The van der Waals surface area contributed by atoms with Gasteiger partial charge in [0, 0.05) is 67.5 Å². The van der Waals surface area contributed by atoms with E-state index in [0.717, 1.165) is 54.1 Å². The molecule has 0 radical (unpaired) electrons. The van der Waals surface area contributed by atoms with Crippen LogP contribution < -0.4 is 4.90 Å². The van der Waals surface area contributed by atoms with Gasteiger partial charge in [0.25, 0.3) is 11.8 Å². The maximum absolute atomic E-state index is 13.2. The van der Waals surface area contributed by atoms with Gasteiger partial charge in [-0.05, 0) is 55.8 Å². The van der Waals surface area contributed by atoms with E-state index < -0.39 is 0 Å². The van der Waals surface area contributed by atoms with Gasteiger partial charge >= 0.3 is 0 Å². The first-order valence-corrected chi connectivity index (χ1v) is 18.2. The molecule has 0 atom stereocenters. The number of amides is 3. The Balaban J connectivity index is 0.000000507. The van der Waals surface area contributed by atoms with Crippen LogP contribution in [-0.4, -0.2) is 90.0 Å². The molecule has 0 saturated carbocycles. The zero-order valence-corrected chi connectivity index (χ0v) is 30.8. The smallest absolute Gasteiger partial charge is 0.254 e. The average Bonchev–Trinajstić information content (AvgIpc) is 3.64. The minimum absolute atomic E-state index is 0.00600. The molecule has 1 saturated heterocycles. The molecule has 2 aromatic rings. The molecule has 264 valence electrons. The predicted molar refractivity (Wildman–Crippen MR) is 205 cm³/mol. The first-order chi connectivity index (χ1) is 23.7. The lowest BCUT2D eigenvalue weighted by atomic mass is 10.1. The number of aldehydes is 1. The summed E-state index contributed by atoms with van der Waals surface area (Å²) in [5, 5.41) is 0. The molecule has 0 aliphatic carbocycles. The number of allylic oxidation sites excluding steroid dienone is 4. The summed E-state index contributed by atoms with van der Waals surface area (Å²) in [6.45, 7) is 19.3. The molecule has 3 aliphatic heterocycles. The van der Waals surface area contributed by atoms with Gasteiger partial charge in [-0.15, -0.1) is 6.58 Å². The Hall–Kier alpha value is -4.21. The fraction of sp³-hybridized carbons (Fsp3) is 0.400. The standard InChI is InChI=1S/C27H30N4O3S.C7H12.C4H6O.C2H6/c1-28-18-23-9-8-22(27(34)30-12-14-35-15-13-30)16-24(23)31(25(32)19-28)17-20-4-6-21(7-5-20)26(33)29-10-2-3-11-29;1-4-6-7(3)5-2;1-2-3-4-5;1-2/h2-9,16H,10-15,17-19H2,1H3;4,6H,1,5H2,2-3H3;2,4H,1,3H2;1-2H3/b;7-6-;;. The fourth-order valence-corrected chi connectivity index (χ4v) is 6.05. The van der Waals surface area contributed by atoms with E-state index in [2.05, 4.69) is 27.0 Å². The molecule has 9 heteroatoms. The molecule has 8 nitrogen and oxygen atoms in total. The third-order valence-electron chi connectivity index (χ3n) is 7.94. The van der Waals surface area contributed by atoms with E-state index in [4.69, 9.17) is 0 Å². The van der Waals surface area contributed by atoms with Gasteiger partial charge in [-0.25, -0.2) is 0 Å². The quantitative estimate of drug-likeness (QED) is 0.166. The Bertz CT molecular complexity index is 1450. The molecule has 3 amide bonds. The summed E-state index contributed by atoms with van der Waals surface area (Å²) in [6, 6.07) is 13.2. The maximum atomic E-state index is 13.2. The van der Waals surface area contributed by atoms with Gasteiger partial charge in [-0.3, -0.25) is 19.3 Å². The number of hydrogen-bond donors (Lipinski definition) is 0. The van der Waals surface area contributed by atoms with Crippen molar-refractivity contribution in [3.8, 4) is 0 Å². The summed E-state index contributed by atoms with van der Waals surface area (Å²) < 4.78 is 0. The molecule has 2 aromatic carbocycles. The summed E-state index contributed by atoms with van der Waals surface area (Å²) in [4.78, 5) is 55.9. The normalized spacial score (nSPS) is 15.7. The number of rotatable bonds is 8. The minimum atomic E-state index is -0.00600. The SMILES string of the molecule is C=C/C=C(/C)CC.C=CCC=O.CC.CN1CC(=O)N(Cc2ccc(C(=O)N3CC=CC3)cc2)c2cc(C(=O)N3CCSCC3)ccc2C1. The van der Waals surface area contributed by atoms with Crippen molar-refractivity contribution < 1.29 is 19.2 Å². The van der Waals surface area contributed by atoms with Gasteiger partial charge in [0.05, 0.1) is 13.1 Å². The van der Waals surface area contributed by atoms with Gasteiger partial charge < -0.3 is 19.5 Å². The number of carbonyl (C=O) groups is 4. The lowest BCUT2D eigenvalue weighted by molar-refractivity contribution is -0.119. The number of hydrogen-bond acceptors (Lipinski definition) is 6. The summed E-state index contributed by atoms with van der Waals surface area (Å²) in [7, 11) is 1.93. The average molecular weight is 687 g/mol. The van der Waals surface area contributed by atoms with Crippen molar-refractivity contribution in [1.82, 2.24) is 14.7 Å². The van der Waals surface area contributed by atoms with E-state index in [1.54, 1.807) is 15.9 Å². The van der Waals surface area contributed by atoms with Crippen LogP contribution in [0.25, 0.3) is 0 Å². The monoisotopic (exact) mass is 686 g/mol. The number of benzene rings is 2. The molecular weight excluding hydrogens is 633 g/mol. The molecule has 0 spiro atoms. The number of anilines is 1. The van der Waals surface area contributed by atoms with Crippen molar-refractivity contribution in [2.24, 2.45) is 0 Å². The Labute approximate surface area is 298 Å². The molecule has 1 fully saturated rings. The third-order valence-corrected chi connectivity index (χ3v) is 8.88. The van der Waals surface area contributed by atoms with Crippen LogP contribution in [0.1, 0.15) is 72.4 Å². The highest BCUT2D eigenvalue weighted by Crippen LogP contribution is 2.29. The molecule has 3 aliphatic rings. The van der Waals surface area contributed by atoms with Crippen molar-refractivity contribution in [2.45, 2.75) is 53.6 Å². The molecule has 0 aromatic heterocycles. The second-order valence-corrected chi connectivity index (χ2v) is 12.8. The lowest BCUT2D eigenvalue weighted by Crippen LogP contribution is -2.38. The van der Waals surface area contributed by atoms with E-state index >= 15 is 0 Å². The van der Waals surface area contributed by atoms with Gasteiger partial charge in [0.15, 0.2) is 0 Å². The van der Waals surface area contributed by atoms with Crippen molar-refractivity contribution in [2.75, 3.05) is 56.2 Å². The van der Waals surface area contributed by atoms with Crippen LogP contribution in [0.5, 0.6) is 0 Å². The lowest BCUT2D eigenvalue weighted by Gasteiger charge is -2.28. The molecule has 49 heavy (non-hydrogen) atoms. The molecule has 0 bridgehead atoms. The fourth-order valence-electron chi connectivity index (χ4n) is 5.15. The second kappa shape index (κ2) is 22.4. The van der Waals surface area contributed by atoms with Crippen LogP contribution in [0.4, 0.5) is 5.69 Å². The van der Waals surface area contributed by atoms with Crippen LogP contribution in [0.3, 0.4) is 0 Å².